The fraction of sp³-hybridized carbons (Fsp3) is 0.290. The number of aryl methyl sites for hydroxylation is 8. The summed E-state index contributed by atoms with van der Waals surface area (Å²) in [5.74, 6) is 3.15. The molecular formula is C62H73ClN8O4. The molecule has 1 aliphatic rings. The Hall–Kier alpha value is -7.03. The van der Waals surface area contributed by atoms with Gasteiger partial charge in [0, 0.05) is 68.1 Å². The fourth-order valence-electron chi connectivity index (χ4n) is 9.45. The van der Waals surface area contributed by atoms with Gasteiger partial charge in [0.05, 0.1) is 6.20 Å². The molecule has 1 atom stereocenters. The molecular weight excluding hydrogens is 956 g/mol. The number of rotatable bonds is 16. The van der Waals surface area contributed by atoms with Gasteiger partial charge in [0.25, 0.3) is 12.3 Å². The Morgan fingerprint density at radius 3 is 1.47 bits per heavy atom. The molecule has 0 saturated heterocycles. The first-order valence-corrected chi connectivity index (χ1v) is 25.6. The van der Waals surface area contributed by atoms with Crippen molar-refractivity contribution < 1.29 is 36.7 Å². The summed E-state index contributed by atoms with van der Waals surface area (Å²) in [4.78, 5) is 22.9. The average molecular weight is 1030 g/mol. The lowest BCUT2D eigenvalue weighted by molar-refractivity contribution is -0.482. The van der Waals surface area contributed by atoms with E-state index in [-0.39, 0.29) is 12.4 Å². The van der Waals surface area contributed by atoms with E-state index >= 15 is 0 Å². The summed E-state index contributed by atoms with van der Waals surface area (Å²) in [6.45, 7) is 26.8. The molecule has 0 bridgehead atoms. The predicted octanol–water partition coefficient (Wildman–Crippen LogP) is 11.0. The maximum atomic E-state index is 6.36. The van der Waals surface area contributed by atoms with E-state index in [0.717, 1.165) is 46.0 Å². The Morgan fingerprint density at radius 1 is 0.493 bits per heavy atom. The van der Waals surface area contributed by atoms with Gasteiger partial charge in [-0.2, -0.15) is 4.98 Å². The third kappa shape index (κ3) is 14.6. The standard InChI is InChI=1S/C29H30N4O.C26H26N4.C7H16O3.ClH/c1-6-34-29-32(24-12-8-11-23(18-24)26-21(4)9-7-10-22(26)5)27-28(31-14-13-30-27)33(29)25-16-19(2)15-20(3)17-25;1-17-13-18(2)15-23(14-17)30-26-25(27-11-12-28-26)29-22-10-6-9-21(16-22)24-19(3)7-5-8-20(24)4;1-4-8-7(9-5-2)10-6-3;/h7-18,29H,6H2,1-5H3;5-16H,1-4H3,(H,27,29)(H,28,30);7H,4-6H2,1-3H3;1H. The van der Waals surface area contributed by atoms with Crippen LogP contribution in [0.25, 0.3) is 22.3 Å². The summed E-state index contributed by atoms with van der Waals surface area (Å²) in [6, 6.07) is 43.0. The monoisotopic (exact) mass is 1030 g/mol. The molecule has 3 heterocycles. The summed E-state index contributed by atoms with van der Waals surface area (Å²) in [5, 5.41) is 5.51. The summed E-state index contributed by atoms with van der Waals surface area (Å²) in [6.07, 6.45) is 6.55. The largest absolute Gasteiger partial charge is 1.00 e. The van der Waals surface area contributed by atoms with Crippen LogP contribution in [0.1, 0.15) is 72.2 Å². The van der Waals surface area contributed by atoms with Crippen molar-refractivity contribution in [3.05, 3.63) is 191 Å². The SMILES string of the molecule is CCOC(OCC)OCC.CCOC1N(c2cc(C)cc(C)c2)c2nccnc2N1c1cccc(-c2c(C)cccc2C)c1.Cc1cc(C)cc(Nc2nccnc2[NH2+]c2cccc(-c3c(C)cccc3C)c2)c1.[Cl-]. The molecule has 6 aromatic carbocycles. The van der Waals surface area contributed by atoms with Crippen molar-refractivity contribution >= 4 is 46.0 Å². The van der Waals surface area contributed by atoms with Crippen molar-refractivity contribution in [3.63, 3.8) is 0 Å². The van der Waals surface area contributed by atoms with Crippen LogP contribution in [0.5, 0.6) is 0 Å². The highest BCUT2D eigenvalue weighted by atomic mass is 35.5. The van der Waals surface area contributed by atoms with Crippen LogP contribution in [-0.2, 0) is 18.9 Å². The normalized spacial score (nSPS) is 12.6. The fourth-order valence-corrected chi connectivity index (χ4v) is 9.45. The number of aromatic nitrogens is 4. The lowest BCUT2D eigenvalue weighted by Crippen LogP contribution is -3.00. The van der Waals surface area contributed by atoms with Gasteiger partial charge in [-0.1, -0.05) is 72.8 Å². The zero-order valence-electron chi connectivity index (χ0n) is 45.6. The van der Waals surface area contributed by atoms with Crippen LogP contribution in [0.15, 0.2) is 146 Å². The van der Waals surface area contributed by atoms with Crippen LogP contribution in [0.4, 0.5) is 46.0 Å². The van der Waals surface area contributed by atoms with Gasteiger partial charge in [-0.3, -0.25) is 15.1 Å². The Bertz CT molecular complexity index is 3040. The van der Waals surface area contributed by atoms with E-state index in [1.807, 2.05) is 27.7 Å². The minimum absolute atomic E-state index is 0. The zero-order chi connectivity index (χ0) is 52.7. The first kappa shape index (κ1) is 57.3. The van der Waals surface area contributed by atoms with Crippen LogP contribution in [-0.4, -0.2) is 59.2 Å². The second-order valence-corrected chi connectivity index (χ2v) is 18.4. The zero-order valence-corrected chi connectivity index (χ0v) is 46.4. The van der Waals surface area contributed by atoms with Gasteiger partial charge in [0.15, 0.2) is 11.6 Å². The van der Waals surface area contributed by atoms with E-state index in [4.69, 9.17) is 28.9 Å². The Kier molecular flexibility index (Phi) is 21.0. The number of nitrogens with zero attached hydrogens (tertiary/aromatic N) is 6. The van der Waals surface area contributed by atoms with Crippen molar-refractivity contribution in [2.75, 3.05) is 41.5 Å². The lowest BCUT2D eigenvalue weighted by Gasteiger charge is -2.32. The summed E-state index contributed by atoms with van der Waals surface area (Å²) in [7, 11) is 0. The molecule has 0 spiro atoms. The number of nitrogens with two attached hydrogens (primary N) is 1. The summed E-state index contributed by atoms with van der Waals surface area (Å²) < 4.78 is 21.6. The molecule has 1 aliphatic heterocycles. The number of nitrogens with one attached hydrogen (secondary N) is 1. The number of ether oxygens (including phenoxy) is 4. The molecule has 0 saturated carbocycles. The Balaban J connectivity index is 0.000000206. The Morgan fingerprint density at radius 2 is 0.947 bits per heavy atom. The van der Waals surface area contributed by atoms with Gasteiger partial charge in [-0.05, 0) is 192 Å². The number of fused-ring (bicyclic) bond motifs is 1. The molecule has 1 unspecified atom stereocenters. The van der Waals surface area contributed by atoms with Gasteiger partial charge in [-0.25, -0.2) is 15.0 Å². The third-order valence-electron chi connectivity index (χ3n) is 12.3. The number of hydrogen-bond donors (Lipinski definition) is 2. The highest BCUT2D eigenvalue weighted by molar-refractivity contribution is 5.85. The molecule has 8 aromatic rings. The van der Waals surface area contributed by atoms with E-state index in [1.165, 1.54) is 66.8 Å². The second kappa shape index (κ2) is 27.5. The smallest absolute Gasteiger partial charge is 0.273 e. The van der Waals surface area contributed by atoms with Crippen molar-refractivity contribution in [1.29, 1.82) is 0 Å². The van der Waals surface area contributed by atoms with Crippen LogP contribution in [0, 0.1) is 55.4 Å². The topological polar surface area (TPSA) is 124 Å². The molecule has 0 fully saturated rings. The molecule has 12 nitrogen and oxygen atoms in total. The van der Waals surface area contributed by atoms with Gasteiger partial charge in [-0.15, -0.1) is 0 Å². The van der Waals surface area contributed by atoms with Gasteiger partial charge in [0.2, 0.25) is 12.2 Å². The van der Waals surface area contributed by atoms with Crippen LogP contribution >= 0.6 is 0 Å². The highest BCUT2D eigenvalue weighted by Crippen LogP contribution is 2.46. The van der Waals surface area contributed by atoms with Crippen molar-refractivity contribution in [2.45, 2.75) is 95.9 Å². The molecule has 9 rings (SSSR count). The predicted molar refractivity (Wildman–Crippen MR) is 301 cm³/mol. The number of quaternary nitrogens is 1. The number of hydrogen-bond acceptors (Lipinski definition) is 11. The van der Waals surface area contributed by atoms with Gasteiger partial charge >= 0.3 is 0 Å². The summed E-state index contributed by atoms with van der Waals surface area (Å²) in [5.41, 5.74) is 19.1. The summed E-state index contributed by atoms with van der Waals surface area (Å²) >= 11 is 0. The molecule has 0 amide bonds. The van der Waals surface area contributed by atoms with Crippen LogP contribution < -0.4 is 32.8 Å². The first-order valence-electron chi connectivity index (χ1n) is 25.6. The molecule has 2 aromatic heterocycles. The lowest BCUT2D eigenvalue weighted by atomic mass is 9.95. The quantitative estimate of drug-likeness (QED) is 0.0710. The van der Waals surface area contributed by atoms with Crippen molar-refractivity contribution in [3.8, 4) is 22.3 Å². The number of benzene rings is 6. The average Bonchev–Trinajstić information content (AvgIpc) is 3.69. The molecule has 13 heteroatoms. The minimum atomic E-state index is -0.472. The van der Waals surface area contributed by atoms with Crippen molar-refractivity contribution in [1.82, 2.24) is 19.9 Å². The minimum Gasteiger partial charge on any atom is -1.00 e. The van der Waals surface area contributed by atoms with Gasteiger partial charge in [0.1, 0.15) is 5.69 Å². The van der Waals surface area contributed by atoms with Crippen LogP contribution in [0.2, 0.25) is 0 Å². The van der Waals surface area contributed by atoms with Crippen molar-refractivity contribution in [2.24, 2.45) is 0 Å². The number of anilines is 6. The number of halogens is 1. The maximum absolute atomic E-state index is 6.36. The third-order valence-corrected chi connectivity index (χ3v) is 12.3. The molecule has 3 N–H and O–H groups in total. The second-order valence-electron chi connectivity index (χ2n) is 18.4. The van der Waals surface area contributed by atoms with E-state index in [2.05, 4.69) is 207 Å². The van der Waals surface area contributed by atoms with E-state index in [1.54, 1.807) is 24.8 Å². The Labute approximate surface area is 451 Å². The highest BCUT2D eigenvalue weighted by Gasteiger charge is 2.41. The molecule has 75 heavy (non-hydrogen) atoms. The van der Waals surface area contributed by atoms with Crippen LogP contribution in [0.3, 0.4) is 0 Å². The van der Waals surface area contributed by atoms with E-state index < -0.39 is 12.8 Å². The first-order chi connectivity index (χ1) is 35.8. The van der Waals surface area contributed by atoms with Gasteiger partial charge < -0.3 is 36.7 Å². The van der Waals surface area contributed by atoms with E-state index in [9.17, 15) is 0 Å². The molecule has 0 aliphatic carbocycles. The maximum Gasteiger partial charge on any atom is 0.273 e. The molecule has 0 radical (unpaired) electrons. The van der Waals surface area contributed by atoms with E-state index in [0.29, 0.717) is 26.4 Å². The molecule has 392 valence electrons.